The van der Waals surface area contributed by atoms with Crippen LogP contribution in [0.5, 0.6) is 5.75 Å². The van der Waals surface area contributed by atoms with Crippen LogP contribution in [0.4, 0.5) is 0 Å². The van der Waals surface area contributed by atoms with Crippen LogP contribution in [-0.2, 0) is 9.53 Å². The molecule has 110 valence electrons. The first-order valence-corrected chi connectivity index (χ1v) is 6.42. The fourth-order valence-electron chi connectivity index (χ4n) is 1.64. The number of hydrogen-bond acceptors (Lipinski definition) is 4. The first kappa shape index (κ1) is 16.2. The van der Waals surface area contributed by atoms with Crippen LogP contribution in [0.3, 0.4) is 0 Å². The van der Waals surface area contributed by atoms with Crippen molar-refractivity contribution in [1.29, 1.82) is 0 Å². The lowest BCUT2D eigenvalue weighted by molar-refractivity contribution is -0.127. The van der Waals surface area contributed by atoms with Crippen molar-refractivity contribution in [3.63, 3.8) is 0 Å². The Hall–Kier alpha value is -1.85. The van der Waals surface area contributed by atoms with Gasteiger partial charge in [-0.1, -0.05) is 12.1 Å². The van der Waals surface area contributed by atoms with Crippen molar-refractivity contribution in [2.45, 2.75) is 0 Å². The van der Waals surface area contributed by atoms with E-state index in [1.807, 2.05) is 24.3 Å². The van der Waals surface area contributed by atoms with E-state index in [4.69, 9.17) is 14.6 Å². The van der Waals surface area contributed by atoms with Crippen LogP contribution in [0.25, 0.3) is 6.08 Å². The largest absolute Gasteiger partial charge is 0.497 e. The van der Waals surface area contributed by atoms with Gasteiger partial charge in [-0.3, -0.25) is 4.79 Å². The summed E-state index contributed by atoms with van der Waals surface area (Å²) in [6.07, 6.45) is 3.23. The minimum Gasteiger partial charge on any atom is -0.497 e. The van der Waals surface area contributed by atoms with Gasteiger partial charge in [-0.2, -0.15) is 0 Å². The molecule has 1 amide bonds. The molecule has 0 unspecified atom stereocenters. The Morgan fingerprint density at radius 3 is 2.50 bits per heavy atom. The highest BCUT2D eigenvalue weighted by Gasteiger charge is 2.09. The Bertz CT molecular complexity index is 428. The molecule has 0 radical (unpaired) electrons. The molecule has 20 heavy (non-hydrogen) atoms. The molecular weight excluding hydrogens is 258 g/mol. The average Bonchev–Trinajstić information content (AvgIpc) is 2.49. The molecule has 0 fully saturated rings. The molecule has 0 aromatic heterocycles. The van der Waals surface area contributed by atoms with Crippen LogP contribution >= 0.6 is 0 Å². The van der Waals surface area contributed by atoms with Gasteiger partial charge in [0.05, 0.1) is 20.3 Å². The van der Waals surface area contributed by atoms with E-state index in [1.54, 1.807) is 25.2 Å². The summed E-state index contributed by atoms with van der Waals surface area (Å²) in [5.74, 6) is 0.627. The van der Waals surface area contributed by atoms with Gasteiger partial charge in [-0.05, 0) is 23.8 Å². The van der Waals surface area contributed by atoms with Gasteiger partial charge in [0.25, 0.3) is 0 Å². The maximum absolute atomic E-state index is 12.0. The third kappa shape index (κ3) is 5.42. The third-order valence-corrected chi connectivity index (χ3v) is 2.78. The second-order valence-corrected chi connectivity index (χ2v) is 4.15. The van der Waals surface area contributed by atoms with Crippen molar-refractivity contribution >= 4 is 12.0 Å². The van der Waals surface area contributed by atoms with E-state index in [9.17, 15) is 4.79 Å². The zero-order valence-corrected chi connectivity index (χ0v) is 11.9. The predicted molar refractivity (Wildman–Crippen MR) is 77.6 cm³/mol. The lowest BCUT2D eigenvalue weighted by Gasteiger charge is -2.19. The van der Waals surface area contributed by atoms with Crippen LogP contribution in [0, 0.1) is 0 Å². The molecular formula is C15H21NO4. The number of aliphatic hydroxyl groups is 1. The lowest BCUT2D eigenvalue weighted by atomic mass is 10.2. The highest BCUT2D eigenvalue weighted by atomic mass is 16.5. The molecule has 0 saturated heterocycles. The Balaban J connectivity index is 2.62. The zero-order valence-electron chi connectivity index (χ0n) is 11.9. The molecule has 0 heterocycles. The summed E-state index contributed by atoms with van der Waals surface area (Å²) in [6.45, 7) is 1.14. The van der Waals surface area contributed by atoms with E-state index in [0.717, 1.165) is 11.3 Å². The van der Waals surface area contributed by atoms with Gasteiger partial charge >= 0.3 is 0 Å². The number of benzene rings is 1. The normalized spacial score (nSPS) is 10.8. The fraction of sp³-hybridized carbons (Fsp3) is 0.400. The number of hydrogen-bond donors (Lipinski definition) is 1. The van der Waals surface area contributed by atoms with Crippen molar-refractivity contribution in [1.82, 2.24) is 4.90 Å². The number of methoxy groups -OCH3 is 2. The average molecular weight is 279 g/mol. The van der Waals surface area contributed by atoms with Gasteiger partial charge in [0, 0.05) is 26.3 Å². The Kier molecular flexibility index (Phi) is 7.39. The minimum absolute atomic E-state index is 0.0637. The smallest absolute Gasteiger partial charge is 0.246 e. The van der Waals surface area contributed by atoms with E-state index < -0.39 is 0 Å². The maximum atomic E-state index is 12.0. The summed E-state index contributed by atoms with van der Waals surface area (Å²) in [5.41, 5.74) is 0.912. The van der Waals surface area contributed by atoms with Crippen molar-refractivity contribution < 1.29 is 19.4 Å². The molecule has 0 saturated carbocycles. The van der Waals surface area contributed by atoms with E-state index >= 15 is 0 Å². The van der Waals surface area contributed by atoms with Crippen LogP contribution in [0.1, 0.15) is 5.56 Å². The van der Waals surface area contributed by atoms with Gasteiger partial charge in [0.15, 0.2) is 0 Å². The molecule has 5 heteroatoms. The summed E-state index contributed by atoms with van der Waals surface area (Å²) in [6, 6.07) is 7.41. The standard InChI is InChI=1S/C15H21NO4/c1-19-12-10-16(9-11-17)15(18)8-5-13-3-6-14(20-2)7-4-13/h3-8,17H,9-12H2,1-2H3/b8-5+. The van der Waals surface area contributed by atoms with E-state index in [1.165, 1.54) is 6.08 Å². The van der Waals surface area contributed by atoms with E-state index in [0.29, 0.717) is 19.7 Å². The number of aliphatic hydroxyl groups excluding tert-OH is 1. The quantitative estimate of drug-likeness (QED) is 0.726. The second-order valence-electron chi connectivity index (χ2n) is 4.15. The molecule has 0 aliphatic rings. The van der Waals surface area contributed by atoms with Gasteiger partial charge in [-0.25, -0.2) is 0 Å². The molecule has 0 aliphatic carbocycles. The lowest BCUT2D eigenvalue weighted by Crippen LogP contribution is -2.34. The number of carbonyl (C=O) groups excluding carboxylic acids is 1. The number of amides is 1. The molecule has 0 bridgehead atoms. The van der Waals surface area contributed by atoms with Gasteiger partial charge in [-0.15, -0.1) is 0 Å². The van der Waals surface area contributed by atoms with Crippen LogP contribution in [-0.4, -0.2) is 56.4 Å². The number of nitrogens with zero attached hydrogens (tertiary/aromatic N) is 1. The first-order valence-electron chi connectivity index (χ1n) is 6.42. The summed E-state index contributed by atoms with van der Waals surface area (Å²) in [5, 5.41) is 8.96. The summed E-state index contributed by atoms with van der Waals surface area (Å²) >= 11 is 0. The Labute approximate surface area is 119 Å². The monoisotopic (exact) mass is 279 g/mol. The molecule has 0 aliphatic heterocycles. The second kappa shape index (κ2) is 9.12. The molecule has 1 N–H and O–H groups in total. The maximum Gasteiger partial charge on any atom is 0.246 e. The van der Waals surface area contributed by atoms with E-state index in [2.05, 4.69) is 0 Å². The number of ether oxygens (including phenoxy) is 2. The summed E-state index contributed by atoms with van der Waals surface area (Å²) < 4.78 is 10.0. The SMILES string of the molecule is COCCN(CCO)C(=O)/C=C/c1ccc(OC)cc1. The van der Waals surface area contributed by atoms with Gasteiger partial charge < -0.3 is 19.5 Å². The van der Waals surface area contributed by atoms with Crippen molar-refractivity contribution in [2.75, 3.05) is 40.5 Å². The van der Waals surface area contributed by atoms with Crippen molar-refractivity contribution in [2.24, 2.45) is 0 Å². The number of carbonyl (C=O) groups is 1. The van der Waals surface area contributed by atoms with Crippen LogP contribution in [0.15, 0.2) is 30.3 Å². The highest BCUT2D eigenvalue weighted by molar-refractivity contribution is 5.91. The highest BCUT2D eigenvalue weighted by Crippen LogP contribution is 2.12. The van der Waals surface area contributed by atoms with Crippen LogP contribution in [0.2, 0.25) is 0 Å². The molecule has 0 spiro atoms. The van der Waals surface area contributed by atoms with Crippen molar-refractivity contribution in [3.8, 4) is 5.75 Å². The Morgan fingerprint density at radius 2 is 1.95 bits per heavy atom. The molecule has 1 aromatic carbocycles. The summed E-state index contributed by atoms with van der Waals surface area (Å²) in [7, 11) is 3.19. The fourth-order valence-corrected chi connectivity index (χ4v) is 1.64. The van der Waals surface area contributed by atoms with Gasteiger partial charge in [0.1, 0.15) is 5.75 Å². The molecule has 1 rings (SSSR count). The minimum atomic E-state index is -0.146. The Morgan fingerprint density at radius 1 is 1.25 bits per heavy atom. The first-order chi connectivity index (χ1) is 9.71. The molecule has 0 atom stereocenters. The molecule has 1 aromatic rings. The topological polar surface area (TPSA) is 59.0 Å². The summed E-state index contributed by atoms with van der Waals surface area (Å²) in [4.78, 5) is 13.5. The third-order valence-electron chi connectivity index (χ3n) is 2.78. The number of rotatable bonds is 8. The van der Waals surface area contributed by atoms with Crippen LogP contribution < -0.4 is 4.74 Å². The van der Waals surface area contributed by atoms with Gasteiger partial charge in [0.2, 0.25) is 5.91 Å². The van der Waals surface area contributed by atoms with Crippen molar-refractivity contribution in [3.05, 3.63) is 35.9 Å². The predicted octanol–water partition coefficient (Wildman–Crippen LogP) is 1.18. The zero-order chi connectivity index (χ0) is 14.8. The molecule has 5 nitrogen and oxygen atoms in total. The van der Waals surface area contributed by atoms with E-state index in [-0.39, 0.29) is 12.5 Å².